The highest BCUT2D eigenvalue weighted by molar-refractivity contribution is 6.08. The van der Waals surface area contributed by atoms with Crippen LogP contribution in [0.4, 0.5) is 0 Å². The summed E-state index contributed by atoms with van der Waals surface area (Å²) in [6.07, 6.45) is -5.28. The number of carbonyl (C=O) groups excluding carboxylic acids is 4. The highest BCUT2D eigenvalue weighted by Gasteiger charge is 2.53. The second-order valence-corrected chi connectivity index (χ2v) is 15.8. The van der Waals surface area contributed by atoms with Crippen molar-refractivity contribution in [1.29, 1.82) is 0 Å². The van der Waals surface area contributed by atoms with Crippen LogP contribution in [0, 0.1) is 16.2 Å². The summed E-state index contributed by atoms with van der Waals surface area (Å²) in [5.74, 6) is -1.72. The molecule has 0 amide bonds. The minimum absolute atomic E-state index is 0.128. The van der Waals surface area contributed by atoms with Crippen molar-refractivity contribution in [2.45, 2.75) is 99.4 Å². The van der Waals surface area contributed by atoms with Gasteiger partial charge in [-0.05, 0) is 73.4 Å². The Morgan fingerprint density at radius 3 is 1.58 bits per heavy atom. The van der Waals surface area contributed by atoms with E-state index in [1.807, 2.05) is 36.4 Å². The van der Waals surface area contributed by atoms with Crippen molar-refractivity contribution in [3.63, 3.8) is 0 Å². The van der Waals surface area contributed by atoms with E-state index < -0.39 is 64.7 Å². The molecule has 0 aromatic heterocycles. The van der Waals surface area contributed by atoms with Gasteiger partial charge in [0.05, 0.1) is 22.9 Å². The zero-order chi connectivity index (χ0) is 36.9. The largest absolute Gasteiger partial charge is 0.462 e. The smallest absolute Gasteiger partial charge is 0.311 e. The lowest BCUT2D eigenvalue weighted by Crippen LogP contribution is -2.60. The molecule has 1 aliphatic rings. The maximum absolute atomic E-state index is 13.6. The number of ether oxygens (including phenoxy) is 5. The molecule has 1 aliphatic heterocycles. The molecule has 0 unspecified atom stereocenters. The molecule has 0 aliphatic carbocycles. The van der Waals surface area contributed by atoms with Crippen LogP contribution in [0.15, 0.2) is 84.9 Å². The standard InChI is InChI=1S/C41H50O9/c1-39(2,3)36(43)47-25-30-33(49-37(44)40(4,5)6)35(50-38(45)41(7,8)9)34(46-24-26-16-12-10-13-17-26)32(48-30)29-22-20-28(21-23-29)31(42)27-18-14-11-15-19-27/h10-23,30,32-35H,24-25H2,1-9H3/t30-,32+,33-,34+,35+/m1/s1. The highest BCUT2D eigenvalue weighted by Crippen LogP contribution is 2.40. The molecule has 5 atom stereocenters. The Kier molecular flexibility index (Phi) is 12.1. The molecule has 3 aromatic rings. The van der Waals surface area contributed by atoms with Crippen molar-refractivity contribution >= 4 is 23.7 Å². The van der Waals surface area contributed by atoms with E-state index in [0.717, 1.165) is 5.56 Å². The molecule has 3 aromatic carbocycles. The minimum Gasteiger partial charge on any atom is -0.462 e. The van der Waals surface area contributed by atoms with Crippen LogP contribution in [0.25, 0.3) is 0 Å². The maximum Gasteiger partial charge on any atom is 0.311 e. The molecule has 1 fully saturated rings. The quantitative estimate of drug-likeness (QED) is 0.122. The Morgan fingerprint density at radius 1 is 0.580 bits per heavy atom. The van der Waals surface area contributed by atoms with Gasteiger partial charge in [0.1, 0.15) is 24.9 Å². The fourth-order valence-electron chi connectivity index (χ4n) is 5.10. The number of hydrogen-bond donors (Lipinski definition) is 0. The van der Waals surface area contributed by atoms with Crippen LogP contribution in [0.2, 0.25) is 0 Å². The third-order valence-corrected chi connectivity index (χ3v) is 8.16. The predicted octanol–water partition coefficient (Wildman–Crippen LogP) is 7.45. The topological polar surface area (TPSA) is 114 Å². The number of ketones is 1. The van der Waals surface area contributed by atoms with Crippen LogP contribution in [0.5, 0.6) is 0 Å². The third kappa shape index (κ3) is 9.88. The van der Waals surface area contributed by atoms with E-state index in [1.54, 1.807) is 111 Å². The van der Waals surface area contributed by atoms with Crippen LogP contribution in [0.1, 0.15) is 95.5 Å². The van der Waals surface area contributed by atoms with Crippen LogP contribution in [0.3, 0.4) is 0 Å². The first-order valence-electron chi connectivity index (χ1n) is 17.0. The minimum atomic E-state index is -1.20. The van der Waals surface area contributed by atoms with Crippen LogP contribution < -0.4 is 0 Å². The van der Waals surface area contributed by atoms with Crippen LogP contribution >= 0.6 is 0 Å². The second kappa shape index (κ2) is 15.7. The van der Waals surface area contributed by atoms with Crippen molar-refractivity contribution in [2.24, 2.45) is 16.2 Å². The molecule has 9 nitrogen and oxygen atoms in total. The van der Waals surface area contributed by atoms with Gasteiger partial charge < -0.3 is 23.7 Å². The molecule has 0 saturated carbocycles. The van der Waals surface area contributed by atoms with E-state index in [0.29, 0.717) is 16.7 Å². The monoisotopic (exact) mass is 686 g/mol. The van der Waals surface area contributed by atoms with Crippen LogP contribution in [-0.4, -0.2) is 54.7 Å². The Balaban J connectivity index is 1.82. The molecule has 0 bridgehead atoms. The molecule has 1 heterocycles. The van der Waals surface area contributed by atoms with Crippen LogP contribution in [-0.2, 0) is 44.7 Å². The summed E-state index contributed by atoms with van der Waals surface area (Å²) in [6.45, 7) is 15.4. The van der Waals surface area contributed by atoms with Crippen molar-refractivity contribution in [3.8, 4) is 0 Å². The predicted molar refractivity (Wildman–Crippen MR) is 188 cm³/mol. The van der Waals surface area contributed by atoms with E-state index in [4.69, 9.17) is 23.7 Å². The van der Waals surface area contributed by atoms with Crippen molar-refractivity contribution in [2.75, 3.05) is 6.61 Å². The number of esters is 3. The SMILES string of the molecule is CC(C)(C)C(=O)OC[C@H]1O[C@@H](c2ccc(C(=O)c3ccccc3)cc2)[C@H](OCc2ccccc2)[C@@H](OC(=O)C(C)(C)C)[C@@H]1OC(=O)C(C)(C)C. The van der Waals surface area contributed by atoms with Gasteiger partial charge in [0, 0.05) is 11.1 Å². The summed E-state index contributed by atoms with van der Waals surface area (Å²) in [5.41, 5.74) is -0.130. The summed E-state index contributed by atoms with van der Waals surface area (Å²) >= 11 is 0. The van der Waals surface area contributed by atoms with Crippen molar-refractivity contribution < 1.29 is 42.9 Å². The Morgan fingerprint density at radius 2 is 1.06 bits per heavy atom. The van der Waals surface area contributed by atoms with Gasteiger partial charge in [0.15, 0.2) is 18.0 Å². The summed E-state index contributed by atoms with van der Waals surface area (Å²) in [6, 6.07) is 25.4. The average molecular weight is 687 g/mol. The number of rotatable bonds is 10. The highest BCUT2D eigenvalue weighted by atomic mass is 16.6. The van der Waals surface area contributed by atoms with Gasteiger partial charge in [-0.15, -0.1) is 0 Å². The lowest BCUT2D eigenvalue weighted by Gasteiger charge is -2.46. The summed E-state index contributed by atoms with van der Waals surface area (Å²) in [5, 5.41) is 0. The summed E-state index contributed by atoms with van der Waals surface area (Å²) < 4.78 is 31.4. The van der Waals surface area contributed by atoms with Gasteiger partial charge in [-0.25, -0.2) is 0 Å². The van der Waals surface area contributed by atoms with Gasteiger partial charge in [-0.3, -0.25) is 19.2 Å². The van der Waals surface area contributed by atoms with Gasteiger partial charge in [0.25, 0.3) is 0 Å². The molecule has 1 saturated heterocycles. The summed E-state index contributed by atoms with van der Waals surface area (Å²) in [7, 11) is 0. The molecule has 0 N–H and O–H groups in total. The fourth-order valence-corrected chi connectivity index (χ4v) is 5.10. The lowest BCUT2D eigenvalue weighted by atomic mass is 9.88. The number of hydrogen-bond acceptors (Lipinski definition) is 9. The normalized spacial score (nSPS) is 21.2. The number of carbonyl (C=O) groups is 4. The van der Waals surface area contributed by atoms with Crippen molar-refractivity contribution in [1.82, 2.24) is 0 Å². The molecule has 0 spiro atoms. The Labute approximate surface area is 295 Å². The van der Waals surface area contributed by atoms with Gasteiger partial charge in [-0.2, -0.15) is 0 Å². The molecule has 268 valence electrons. The van der Waals surface area contributed by atoms with E-state index in [-0.39, 0.29) is 19.0 Å². The Hall–Kier alpha value is -4.34. The first-order valence-corrected chi connectivity index (χ1v) is 17.0. The average Bonchev–Trinajstić information content (AvgIpc) is 3.06. The van der Waals surface area contributed by atoms with Gasteiger partial charge in [0.2, 0.25) is 0 Å². The van der Waals surface area contributed by atoms with Gasteiger partial charge in [-0.1, -0.05) is 84.9 Å². The zero-order valence-corrected chi connectivity index (χ0v) is 30.6. The molecule has 50 heavy (non-hydrogen) atoms. The Bertz CT molecular complexity index is 1610. The van der Waals surface area contributed by atoms with E-state index in [1.165, 1.54) is 0 Å². The van der Waals surface area contributed by atoms with E-state index >= 15 is 0 Å². The maximum atomic E-state index is 13.6. The molecular formula is C41H50O9. The van der Waals surface area contributed by atoms with E-state index in [9.17, 15) is 19.2 Å². The summed E-state index contributed by atoms with van der Waals surface area (Å²) in [4.78, 5) is 53.2. The molecular weight excluding hydrogens is 636 g/mol. The zero-order valence-electron chi connectivity index (χ0n) is 30.6. The molecule has 9 heteroatoms. The molecule has 4 rings (SSSR count). The molecule has 0 radical (unpaired) electrons. The number of benzene rings is 3. The first-order chi connectivity index (χ1) is 23.4. The third-order valence-electron chi connectivity index (χ3n) is 8.16. The lowest BCUT2D eigenvalue weighted by molar-refractivity contribution is -0.265. The van der Waals surface area contributed by atoms with Crippen molar-refractivity contribution in [3.05, 3.63) is 107 Å². The van der Waals surface area contributed by atoms with Gasteiger partial charge >= 0.3 is 17.9 Å². The first kappa shape index (κ1) is 38.5. The van der Waals surface area contributed by atoms with E-state index in [2.05, 4.69) is 0 Å². The second-order valence-electron chi connectivity index (χ2n) is 15.8. The fraction of sp³-hybridized carbons (Fsp3) is 0.463.